The van der Waals surface area contributed by atoms with Crippen molar-refractivity contribution < 1.29 is 9.59 Å². The van der Waals surface area contributed by atoms with Gasteiger partial charge >= 0.3 is 6.03 Å². The van der Waals surface area contributed by atoms with E-state index in [1.165, 1.54) is 0 Å². The molecule has 1 saturated heterocycles. The Morgan fingerprint density at radius 1 is 1.30 bits per heavy atom. The summed E-state index contributed by atoms with van der Waals surface area (Å²) in [5.41, 5.74) is 1.02. The smallest absolute Gasteiger partial charge is 0.319 e. The van der Waals surface area contributed by atoms with E-state index in [0.717, 1.165) is 13.1 Å². The van der Waals surface area contributed by atoms with Crippen molar-refractivity contribution in [3.8, 4) is 0 Å². The van der Waals surface area contributed by atoms with Crippen molar-refractivity contribution >= 4 is 29.2 Å². The van der Waals surface area contributed by atoms with Gasteiger partial charge in [0.25, 0.3) is 5.91 Å². The van der Waals surface area contributed by atoms with E-state index < -0.39 is 0 Å². The van der Waals surface area contributed by atoms with E-state index in [9.17, 15) is 9.59 Å². The number of hydrogen-bond donors (Lipinski definition) is 3. The number of nitrogens with one attached hydrogen (secondary N) is 3. The first-order chi connectivity index (χ1) is 11.0. The molecule has 1 aliphatic heterocycles. The number of anilines is 1. The molecule has 0 saturated carbocycles. The Kier molecular flexibility index (Phi) is 6.24. The molecule has 1 fully saturated rings. The predicted molar refractivity (Wildman–Crippen MR) is 92.1 cm³/mol. The zero-order valence-corrected chi connectivity index (χ0v) is 14.2. The number of carbonyl (C=O) groups excluding carboxylic acids is 2. The lowest BCUT2D eigenvalue weighted by molar-refractivity contribution is 0.0736. The number of hydrogen-bond acceptors (Lipinski definition) is 3. The maximum atomic E-state index is 12.4. The van der Waals surface area contributed by atoms with Crippen LogP contribution in [-0.2, 0) is 0 Å². The number of halogens is 1. The highest BCUT2D eigenvalue weighted by Crippen LogP contribution is 2.23. The molecule has 1 heterocycles. The van der Waals surface area contributed by atoms with Crippen molar-refractivity contribution in [2.75, 3.05) is 38.0 Å². The van der Waals surface area contributed by atoms with Crippen LogP contribution in [-0.4, -0.2) is 49.6 Å². The normalized spacial score (nSPS) is 14.7. The van der Waals surface area contributed by atoms with E-state index >= 15 is 0 Å². The van der Waals surface area contributed by atoms with Gasteiger partial charge in [-0.05, 0) is 24.1 Å². The zero-order chi connectivity index (χ0) is 16.8. The molecule has 6 nitrogen and oxygen atoms in total. The van der Waals surface area contributed by atoms with E-state index in [-0.39, 0.29) is 11.9 Å². The quantitative estimate of drug-likeness (QED) is 0.787. The summed E-state index contributed by atoms with van der Waals surface area (Å²) < 4.78 is 0. The number of nitrogens with zero attached hydrogens (tertiary/aromatic N) is 1. The third-order valence-electron chi connectivity index (χ3n) is 3.54. The van der Waals surface area contributed by atoms with Gasteiger partial charge in [-0.1, -0.05) is 25.4 Å². The molecule has 23 heavy (non-hydrogen) atoms. The first kappa shape index (κ1) is 17.6. The molecule has 0 spiro atoms. The van der Waals surface area contributed by atoms with Gasteiger partial charge in [0.05, 0.1) is 10.7 Å². The molecule has 0 aromatic heterocycles. The van der Waals surface area contributed by atoms with Crippen molar-refractivity contribution in [2.24, 2.45) is 5.92 Å². The topological polar surface area (TPSA) is 73.5 Å². The summed E-state index contributed by atoms with van der Waals surface area (Å²) >= 11 is 6.19. The van der Waals surface area contributed by atoms with Gasteiger partial charge in [-0.25, -0.2) is 4.79 Å². The van der Waals surface area contributed by atoms with E-state index in [2.05, 4.69) is 16.0 Å². The third kappa shape index (κ3) is 5.11. The highest BCUT2D eigenvalue weighted by atomic mass is 35.5. The minimum atomic E-state index is -0.304. The number of piperazine rings is 1. The van der Waals surface area contributed by atoms with Gasteiger partial charge in [0, 0.05) is 38.3 Å². The van der Waals surface area contributed by atoms with Crippen molar-refractivity contribution in [1.29, 1.82) is 0 Å². The average molecular weight is 339 g/mol. The van der Waals surface area contributed by atoms with Crippen LogP contribution in [0.1, 0.15) is 24.2 Å². The lowest BCUT2D eigenvalue weighted by Gasteiger charge is -2.27. The second-order valence-corrected chi connectivity index (χ2v) is 6.37. The second-order valence-electron chi connectivity index (χ2n) is 5.97. The summed E-state index contributed by atoms with van der Waals surface area (Å²) in [7, 11) is 0. The Balaban J connectivity index is 1.99. The molecule has 1 aliphatic rings. The summed E-state index contributed by atoms with van der Waals surface area (Å²) in [6.07, 6.45) is 0. The van der Waals surface area contributed by atoms with Crippen LogP contribution in [0.15, 0.2) is 18.2 Å². The van der Waals surface area contributed by atoms with Crippen LogP contribution >= 0.6 is 11.6 Å². The molecule has 0 unspecified atom stereocenters. The molecule has 0 aliphatic carbocycles. The number of benzene rings is 1. The predicted octanol–water partition coefficient (Wildman–Crippen LogP) is 2.16. The molecule has 0 radical (unpaired) electrons. The molecular weight excluding hydrogens is 316 g/mol. The molecule has 126 valence electrons. The third-order valence-corrected chi connectivity index (χ3v) is 3.85. The summed E-state index contributed by atoms with van der Waals surface area (Å²) in [6.45, 7) is 7.60. The summed E-state index contributed by atoms with van der Waals surface area (Å²) in [5, 5.41) is 9.01. The van der Waals surface area contributed by atoms with Gasteiger partial charge in [-0.2, -0.15) is 0 Å². The molecule has 0 bridgehead atoms. The number of amides is 3. The van der Waals surface area contributed by atoms with Gasteiger partial charge in [0.1, 0.15) is 0 Å². The van der Waals surface area contributed by atoms with Crippen LogP contribution in [0.4, 0.5) is 10.5 Å². The first-order valence-corrected chi connectivity index (χ1v) is 8.19. The highest BCUT2D eigenvalue weighted by molar-refractivity contribution is 6.34. The minimum Gasteiger partial charge on any atom is -0.338 e. The lowest BCUT2D eigenvalue weighted by Crippen LogP contribution is -2.46. The van der Waals surface area contributed by atoms with E-state index in [0.29, 0.717) is 41.8 Å². The van der Waals surface area contributed by atoms with Crippen molar-refractivity contribution in [3.05, 3.63) is 28.8 Å². The lowest BCUT2D eigenvalue weighted by atomic mass is 10.1. The second kappa shape index (κ2) is 8.17. The molecular formula is C16H23ClN4O2. The van der Waals surface area contributed by atoms with Gasteiger partial charge in [-0.3, -0.25) is 4.79 Å². The van der Waals surface area contributed by atoms with Crippen LogP contribution in [0.2, 0.25) is 5.02 Å². The van der Waals surface area contributed by atoms with Gasteiger partial charge in [0.2, 0.25) is 0 Å². The van der Waals surface area contributed by atoms with Crippen LogP contribution < -0.4 is 16.0 Å². The van der Waals surface area contributed by atoms with Crippen LogP contribution in [0.3, 0.4) is 0 Å². The summed E-state index contributed by atoms with van der Waals surface area (Å²) in [4.78, 5) is 26.0. The minimum absolute atomic E-state index is 0.0378. The molecule has 0 atom stereocenters. The van der Waals surface area contributed by atoms with Crippen molar-refractivity contribution in [1.82, 2.24) is 15.5 Å². The summed E-state index contributed by atoms with van der Waals surface area (Å²) in [5.74, 6) is 0.333. The number of urea groups is 1. The van der Waals surface area contributed by atoms with Crippen molar-refractivity contribution in [2.45, 2.75) is 13.8 Å². The fraction of sp³-hybridized carbons (Fsp3) is 0.500. The van der Waals surface area contributed by atoms with Gasteiger partial charge < -0.3 is 20.9 Å². The van der Waals surface area contributed by atoms with E-state index in [4.69, 9.17) is 11.6 Å². The molecule has 1 aromatic carbocycles. The van der Waals surface area contributed by atoms with Crippen LogP contribution in [0, 0.1) is 5.92 Å². The monoisotopic (exact) mass is 338 g/mol. The molecule has 1 aromatic rings. The maximum absolute atomic E-state index is 12.4. The molecule has 3 amide bonds. The maximum Gasteiger partial charge on any atom is 0.319 e. The SMILES string of the molecule is CC(C)CNC(=O)Nc1ccc(C(=O)N2CCNCC2)cc1Cl. The Morgan fingerprint density at radius 2 is 2.00 bits per heavy atom. The van der Waals surface area contributed by atoms with Gasteiger partial charge in [-0.15, -0.1) is 0 Å². The molecule has 7 heteroatoms. The Bertz CT molecular complexity index is 571. The Labute approximate surface area is 141 Å². The largest absolute Gasteiger partial charge is 0.338 e. The highest BCUT2D eigenvalue weighted by Gasteiger charge is 2.19. The first-order valence-electron chi connectivity index (χ1n) is 7.81. The van der Waals surface area contributed by atoms with E-state index in [1.54, 1.807) is 23.1 Å². The zero-order valence-electron chi connectivity index (χ0n) is 13.5. The van der Waals surface area contributed by atoms with Crippen LogP contribution in [0.25, 0.3) is 0 Å². The number of rotatable bonds is 4. The average Bonchev–Trinajstić information content (AvgIpc) is 2.55. The van der Waals surface area contributed by atoms with Gasteiger partial charge in [0.15, 0.2) is 0 Å². The molecule has 2 rings (SSSR count). The fourth-order valence-electron chi connectivity index (χ4n) is 2.26. The molecule has 3 N–H and O–H groups in total. The summed E-state index contributed by atoms with van der Waals surface area (Å²) in [6, 6.07) is 4.65. The standard InChI is InChI=1S/C16H23ClN4O2/c1-11(2)10-19-16(23)20-14-4-3-12(9-13(14)17)15(22)21-7-5-18-6-8-21/h3-4,9,11,18H,5-8,10H2,1-2H3,(H2,19,20,23). The van der Waals surface area contributed by atoms with E-state index in [1.807, 2.05) is 13.8 Å². The van der Waals surface area contributed by atoms with Crippen molar-refractivity contribution in [3.63, 3.8) is 0 Å². The number of carbonyl (C=O) groups is 2. The Hall–Kier alpha value is -1.79. The Morgan fingerprint density at radius 3 is 2.61 bits per heavy atom. The fourth-order valence-corrected chi connectivity index (χ4v) is 2.49. The van der Waals surface area contributed by atoms with Crippen LogP contribution in [0.5, 0.6) is 0 Å².